The van der Waals surface area contributed by atoms with Gasteiger partial charge in [0.2, 0.25) is 0 Å². The summed E-state index contributed by atoms with van der Waals surface area (Å²) in [5, 5.41) is 0.876. The molecule has 4 aliphatic rings. The van der Waals surface area contributed by atoms with Crippen molar-refractivity contribution in [2.75, 3.05) is 43.6 Å². The Balaban J connectivity index is 1.41. The van der Waals surface area contributed by atoms with Gasteiger partial charge in [0.15, 0.2) is 0 Å². The van der Waals surface area contributed by atoms with Gasteiger partial charge in [0, 0.05) is 49.5 Å². The summed E-state index contributed by atoms with van der Waals surface area (Å²) in [5.41, 5.74) is 2.36. The SMILES string of the molecule is COc1cc2ncnc(N3C=CC4C(C)=CC=CC43)c2cc1N1CC2(CCN(C)CC2)OC1=O. The van der Waals surface area contributed by atoms with E-state index >= 15 is 0 Å². The molecular weight excluding hydrogens is 430 g/mol. The van der Waals surface area contributed by atoms with Gasteiger partial charge in [-0.15, -0.1) is 0 Å². The first-order valence-electron chi connectivity index (χ1n) is 11.8. The molecule has 0 bridgehead atoms. The van der Waals surface area contributed by atoms with Crippen molar-refractivity contribution >= 4 is 28.5 Å². The van der Waals surface area contributed by atoms with Crippen molar-refractivity contribution < 1.29 is 14.3 Å². The van der Waals surface area contributed by atoms with Gasteiger partial charge in [0.05, 0.1) is 30.9 Å². The molecule has 0 saturated carbocycles. The molecule has 0 radical (unpaired) electrons. The van der Waals surface area contributed by atoms with Crippen LogP contribution in [0.1, 0.15) is 19.8 Å². The van der Waals surface area contributed by atoms with E-state index in [9.17, 15) is 4.79 Å². The predicted octanol–water partition coefficient (Wildman–Crippen LogP) is 3.89. The quantitative estimate of drug-likeness (QED) is 0.690. The number of ether oxygens (including phenoxy) is 2. The molecule has 6 rings (SSSR count). The summed E-state index contributed by atoms with van der Waals surface area (Å²) < 4.78 is 11.7. The first-order chi connectivity index (χ1) is 16.5. The lowest BCUT2D eigenvalue weighted by Crippen LogP contribution is -2.45. The maximum Gasteiger partial charge on any atom is 0.415 e. The van der Waals surface area contributed by atoms with Crippen LogP contribution < -0.4 is 14.5 Å². The fourth-order valence-electron chi connectivity index (χ4n) is 5.58. The number of benzene rings is 1. The van der Waals surface area contributed by atoms with Crippen molar-refractivity contribution in [3.05, 3.63) is 54.5 Å². The Kier molecular flexibility index (Phi) is 4.88. The number of hydrogen-bond acceptors (Lipinski definition) is 7. The van der Waals surface area contributed by atoms with Crippen molar-refractivity contribution in [1.29, 1.82) is 0 Å². The van der Waals surface area contributed by atoms with E-state index in [0.29, 0.717) is 23.9 Å². The minimum Gasteiger partial charge on any atom is -0.494 e. The minimum absolute atomic E-state index is 0.174. The number of hydrogen-bond donors (Lipinski definition) is 0. The number of methoxy groups -OCH3 is 1. The summed E-state index contributed by atoms with van der Waals surface area (Å²) in [5.74, 6) is 1.74. The second-order valence-electron chi connectivity index (χ2n) is 9.74. The number of allylic oxidation sites excluding steroid dienone is 2. The van der Waals surface area contributed by atoms with Gasteiger partial charge in [-0.05, 0) is 20.0 Å². The normalized spacial score (nSPS) is 25.7. The minimum atomic E-state index is -0.443. The van der Waals surface area contributed by atoms with E-state index in [0.717, 1.165) is 42.7 Å². The molecular formula is C26H29N5O3. The summed E-state index contributed by atoms with van der Waals surface area (Å²) in [6.07, 6.45) is 13.7. The summed E-state index contributed by atoms with van der Waals surface area (Å²) in [6, 6.07) is 4.05. The lowest BCUT2D eigenvalue weighted by atomic mass is 9.90. The highest BCUT2D eigenvalue weighted by Crippen LogP contribution is 2.43. The molecule has 1 spiro atoms. The van der Waals surface area contributed by atoms with Crippen LogP contribution >= 0.6 is 0 Å². The summed E-state index contributed by atoms with van der Waals surface area (Å²) >= 11 is 0. The molecule has 2 fully saturated rings. The van der Waals surface area contributed by atoms with Gasteiger partial charge in [0.1, 0.15) is 23.5 Å². The first kappa shape index (κ1) is 21.2. The molecule has 34 heavy (non-hydrogen) atoms. The zero-order valence-corrected chi connectivity index (χ0v) is 19.8. The van der Waals surface area contributed by atoms with Gasteiger partial charge >= 0.3 is 6.09 Å². The van der Waals surface area contributed by atoms with Crippen molar-refractivity contribution in [2.24, 2.45) is 5.92 Å². The number of amides is 1. The van der Waals surface area contributed by atoms with Crippen LogP contribution in [0.2, 0.25) is 0 Å². The van der Waals surface area contributed by atoms with Crippen molar-refractivity contribution in [3.63, 3.8) is 0 Å². The molecule has 2 unspecified atom stereocenters. The Morgan fingerprint density at radius 3 is 2.79 bits per heavy atom. The lowest BCUT2D eigenvalue weighted by Gasteiger charge is -2.35. The van der Waals surface area contributed by atoms with Crippen LogP contribution in [0.4, 0.5) is 16.3 Å². The molecule has 1 aromatic heterocycles. The van der Waals surface area contributed by atoms with Gasteiger partial charge in [-0.2, -0.15) is 0 Å². The van der Waals surface area contributed by atoms with Crippen molar-refractivity contribution in [1.82, 2.24) is 14.9 Å². The largest absolute Gasteiger partial charge is 0.494 e. The number of likely N-dealkylation sites (tertiary alicyclic amines) is 1. The number of fused-ring (bicyclic) bond motifs is 2. The Morgan fingerprint density at radius 2 is 2.00 bits per heavy atom. The van der Waals surface area contributed by atoms with Crippen molar-refractivity contribution in [3.8, 4) is 5.75 Å². The first-order valence-corrected chi connectivity index (χ1v) is 11.8. The molecule has 8 heteroatoms. The molecule has 2 atom stereocenters. The number of piperidine rings is 1. The van der Waals surface area contributed by atoms with Gasteiger partial charge in [-0.25, -0.2) is 14.8 Å². The van der Waals surface area contributed by atoms with Crippen molar-refractivity contribution in [2.45, 2.75) is 31.4 Å². The predicted molar refractivity (Wildman–Crippen MR) is 131 cm³/mol. The molecule has 3 aliphatic heterocycles. The molecule has 2 saturated heterocycles. The van der Waals surface area contributed by atoms with Crippen LogP contribution in [0.3, 0.4) is 0 Å². The molecule has 1 aromatic carbocycles. The standard InChI is InChI=1S/C26H29N5O3/c1-17-5-4-6-21-18(17)7-10-30(21)24-19-13-22(23(33-3)14-20(19)27-16-28-24)31-15-26(34-25(31)32)8-11-29(2)12-9-26/h4-7,10,13-14,16,18,21H,8-9,11-12,15H2,1-3H3. The topological polar surface area (TPSA) is 71.0 Å². The highest BCUT2D eigenvalue weighted by atomic mass is 16.6. The number of aromatic nitrogens is 2. The second kappa shape index (κ2) is 7.84. The van der Waals surface area contributed by atoms with Crippen LogP contribution in [0, 0.1) is 5.92 Å². The van der Waals surface area contributed by atoms with E-state index in [1.54, 1.807) is 18.3 Å². The third-order valence-electron chi connectivity index (χ3n) is 7.66. The van der Waals surface area contributed by atoms with Crippen LogP contribution in [-0.2, 0) is 4.74 Å². The van der Waals surface area contributed by atoms with Crippen LogP contribution in [0.15, 0.2) is 54.5 Å². The molecule has 176 valence electrons. The van der Waals surface area contributed by atoms with E-state index < -0.39 is 5.60 Å². The van der Waals surface area contributed by atoms with Crippen LogP contribution in [0.5, 0.6) is 5.75 Å². The van der Waals surface area contributed by atoms with E-state index in [1.165, 1.54) is 5.57 Å². The van der Waals surface area contributed by atoms with Gasteiger partial charge in [-0.3, -0.25) is 4.90 Å². The van der Waals surface area contributed by atoms with E-state index in [1.807, 2.05) is 12.1 Å². The van der Waals surface area contributed by atoms with Gasteiger partial charge < -0.3 is 19.3 Å². The zero-order valence-electron chi connectivity index (χ0n) is 19.8. The molecule has 2 aromatic rings. The fraction of sp³-hybridized carbons (Fsp3) is 0.423. The summed E-state index contributed by atoms with van der Waals surface area (Å²) in [7, 11) is 3.72. The maximum atomic E-state index is 13.1. The maximum absolute atomic E-state index is 13.1. The molecule has 0 N–H and O–H groups in total. The second-order valence-corrected chi connectivity index (χ2v) is 9.74. The Labute approximate surface area is 199 Å². The summed E-state index contributed by atoms with van der Waals surface area (Å²) in [6.45, 7) is 4.51. The highest BCUT2D eigenvalue weighted by molar-refractivity contribution is 6.00. The third kappa shape index (κ3) is 3.27. The van der Waals surface area contributed by atoms with Crippen LogP contribution in [-0.4, -0.2) is 66.4 Å². The third-order valence-corrected chi connectivity index (χ3v) is 7.66. The number of rotatable bonds is 3. The number of nitrogens with zero attached hydrogens (tertiary/aromatic N) is 5. The van der Waals surface area contributed by atoms with E-state index in [-0.39, 0.29) is 12.1 Å². The fourth-order valence-corrected chi connectivity index (χ4v) is 5.58. The average molecular weight is 460 g/mol. The Bertz CT molecular complexity index is 1240. The monoisotopic (exact) mass is 459 g/mol. The smallest absolute Gasteiger partial charge is 0.415 e. The van der Waals surface area contributed by atoms with E-state index in [2.05, 4.69) is 64.2 Å². The lowest BCUT2D eigenvalue weighted by molar-refractivity contribution is 0.00678. The number of carbonyl (C=O) groups is 1. The van der Waals surface area contributed by atoms with E-state index in [4.69, 9.17) is 9.47 Å². The molecule has 4 heterocycles. The Morgan fingerprint density at radius 1 is 1.18 bits per heavy atom. The average Bonchev–Trinajstić information content (AvgIpc) is 3.42. The molecule has 1 aliphatic carbocycles. The van der Waals surface area contributed by atoms with Gasteiger partial charge in [0.25, 0.3) is 0 Å². The molecule has 8 nitrogen and oxygen atoms in total. The number of carbonyl (C=O) groups excluding carboxylic acids is 1. The van der Waals surface area contributed by atoms with Gasteiger partial charge in [-0.1, -0.05) is 29.9 Å². The Hall–Kier alpha value is -3.39. The molecule has 1 amide bonds. The highest BCUT2D eigenvalue weighted by Gasteiger charge is 2.47. The zero-order chi connectivity index (χ0) is 23.4. The van der Waals surface area contributed by atoms with Crippen LogP contribution in [0.25, 0.3) is 10.9 Å². The number of anilines is 2. The summed E-state index contributed by atoms with van der Waals surface area (Å²) in [4.78, 5) is 28.4.